The molecule has 7 nitrogen and oxygen atoms in total. The highest BCUT2D eigenvalue weighted by atomic mass is 16.6. The van der Waals surface area contributed by atoms with Crippen LogP contribution in [-0.2, 0) is 14.3 Å². The van der Waals surface area contributed by atoms with Gasteiger partial charge in [0.15, 0.2) is 0 Å². The number of nitrogens with zero attached hydrogens (tertiary/aromatic N) is 2. The molecule has 3 aliphatic rings. The lowest BCUT2D eigenvalue weighted by Gasteiger charge is -2.25. The van der Waals surface area contributed by atoms with Crippen LogP contribution >= 0.6 is 0 Å². The second-order valence-electron chi connectivity index (χ2n) is 6.55. The van der Waals surface area contributed by atoms with Crippen molar-refractivity contribution in [1.29, 1.82) is 0 Å². The van der Waals surface area contributed by atoms with Gasteiger partial charge in [-0.2, -0.15) is 0 Å². The monoisotopic (exact) mass is 314 g/mol. The van der Waals surface area contributed by atoms with Gasteiger partial charge < -0.3 is 4.74 Å². The van der Waals surface area contributed by atoms with Gasteiger partial charge in [-0.3, -0.25) is 19.7 Å². The summed E-state index contributed by atoms with van der Waals surface area (Å²) < 4.78 is 5.91. The number of imide groups is 1. The van der Waals surface area contributed by atoms with Crippen molar-refractivity contribution in [1.82, 2.24) is 0 Å². The predicted octanol–water partition coefficient (Wildman–Crippen LogP) is 1.82. The van der Waals surface area contributed by atoms with Gasteiger partial charge in [0.2, 0.25) is 11.8 Å². The highest BCUT2D eigenvalue weighted by Crippen LogP contribution is 2.57. The van der Waals surface area contributed by atoms with Crippen LogP contribution < -0.4 is 4.90 Å². The Kier molecular flexibility index (Phi) is 2.48. The maximum Gasteiger partial charge on any atom is 0.271 e. The number of carbonyl (C=O) groups excluding carboxylic acids is 2. The number of ether oxygens (including phenoxy) is 1. The average molecular weight is 314 g/mol. The second-order valence-corrected chi connectivity index (χ2v) is 6.55. The Morgan fingerprint density at radius 1 is 1.13 bits per heavy atom. The summed E-state index contributed by atoms with van der Waals surface area (Å²) in [6, 6.07) is 5.57. The number of rotatable bonds is 2. The van der Waals surface area contributed by atoms with Crippen molar-refractivity contribution < 1.29 is 19.2 Å². The van der Waals surface area contributed by atoms with Gasteiger partial charge in [0.25, 0.3) is 5.69 Å². The van der Waals surface area contributed by atoms with Crippen molar-refractivity contribution in [3.05, 3.63) is 46.5 Å². The molecule has 3 heterocycles. The molecule has 1 aromatic carbocycles. The van der Waals surface area contributed by atoms with Crippen LogP contribution in [0.3, 0.4) is 0 Å². The van der Waals surface area contributed by atoms with E-state index in [1.54, 1.807) is 13.8 Å². The highest BCUT2D eigenvalue weighted by Gasteiger charge is 2.70. The van der Waals surface area contributed by atoms with E-state index in [1.165, 1.54) is 24.3 Å². The lowest BCUT2D eigenvalue weighted by molar-refractivity contribution is -0.384. The molecule has 1 aromatic rings. The average Bonchev–Trinajstić information content (AvgIpc) is 3.04. The summed E-state index contributed by atoms with van der Waals surface area (Å²) in [6.07, 6.45) is 3.66. The molecule has 118 valence electrons. The molecule has 0 N–H and O–H groups in total. The summed E-state index contributed by atoms with van der Waals surface area (Å²) in [5, 5.41) is 10.9. The number of anilines is 1. The Morgan fingerprint density at radius 2 is 1.70 bits per heavy atom. The lowest BCUT2D eigenvalue weighted by atomic mass is 9.73. The molecule has 4 rings (SSSR count). The fourth-order valence-electron chi connectivity index (χ4n) is 4.03. The maximum absolute atomic E-state index is 12.8. The second kappa shape index (κ2) is 4.05. The van der Waals surface area contributed by atoms with E-state index in [1.807, 2.05) is 12.2 Å². The van der Waals surface area contributed by atoms with Gasteiger partial charge in [-0.05, 0) is 19.9 Å². The lowest BCUT2D eigenvalue weighted by Crippen LogP contribution is -2.39. The Morgan fingerprint density at radius 3 is 2.22 bits per heavy atom. The van der Waals surface area contributed by atoms with Crippen molar-refractivity contribution in [2.45, 2.75) is 25.0 Å². The summed E-state index contributed by atoms with van der Waals surface area (Å²) in [5.74, 6) is -1.92. The van der Waals surface area contributed by atoms with E-state index in [4.69, 9.17) is 4.74 Å². The smallest absolute Gasteiger partial charge is 0.271 e. The van der Waals surface area contributed by atoms with Crippen LogP contribution in [0.4, 0.5) is 11.4 Å². The Bertz CT molecular complexity index is 767. The van der Waals surface area contributed by atoms with Crippen LogP contribution in [0.25, 0.3) is 0 Å². The quantitative estimate of drug-likeness (QED) is 0.359. The van der Waals surface area contributed by atoms with E-state index >= 15 is 0 Å². The first kappa shape index (κ1) is 14.1. The van der Waals surface area contributed by atoms with Gasteiger partial charge >= 0.3 is 0 Å². The highest BCUT2D eigenvalue weighted by molar-refractivity contribution is 6.23. The summed E-state index contributed by atoms with van der Waals surface area (Å²) >= 11 is 0. The molecule has 3 aliphatic heterocycles. The number of benzene rings is 1. The SMILES string of the molecule is C[C@]12C=C[C@](C)(O1)[C@@H]1C(=O)N(c3cccc([N+](=O)[O-])c3)C(=O)[C@@H]12. The molecule has 0 aromatic heterocycles. The van der Waals surface area contributed by atoms with Gasteiger partial charge in [0.05, 0.1) is 33.6 Å². The molecule has 0 aliphatic carbocycles. The molecular formula is C16H14N2O5. The van der Waals surface area contributed by atoms with Crippen LogP contribution in [0, 0.1) is 22.0 Å². The molecule has 23 heavy (non-hydrogen) atoms. The summed E-state index contributed by atoms with van der Waals surface area (Å²) in [6.45, 7) is 3.59. The van der Waals surface area contributed by atoms with E-state index in [0.29, 0.717) is 0 Å². The normalized spacial score (nSPS) is 37.6. The number of amides is 2. The number of nitro benzene ring substituents is 1. The first-order valence-electron chi connectivity index (χ1n) is 7.30. The zero-order chi connectivity index (χ0) is 16.6. The van der Waals surface area contributed by atoms with Gasteiger partial charge in [0, 0.05) is 12.1 Å². The third-order valence-corrected chi connectivity index (χ3v) is 5.03. The number of non-ortho nitro benzene ring substituents is 1. The Labute approximate surface area is 131 Å². The molecule has 4 atom stereocenters. The standard InChI is InChI=1S/C16H14N2O5/c1-15-6-7-16(2,23-15)12-11(15)13(19)17(14(12)20)9-4-3-5-10(8-9)18(21)22/h3-8,11-12H,1-2H3/t11-,12+,15-,16+. The molecular weight excluding hydrogens is 300 g/mol. The molecule has 2 amide bonds. The van der Waals surface area contributed by atoms with Crippen LogP contribution in [0.2, 0.25) is 0 Å². The van der Waals surface area contributed by atoms with Crippen LogP contribution in [-0.4, -0.2) is 27.9 Å². The third-order valence-electron chi connectivity index (χ3n) is 5.03. The zero-order valence-corrected chi connectivity index (χ0v) is 12.6. The molecule has 0 spiro atoms. The van der Waals surface area contributed by atoms with Crippen LogP contribution in [0.1, 0.15) is 13.8 Å². The predicted molar refractivity (Wildman–Crippen MR) is 79.6 cm³/mol. The van der Waals surface area contributed by atoms with Crippen molar-refractivity contribution in [2.24, 2.45) is 11.8 Å². The molecule has 2 bridgehead atoms. The Hall–Kier alpha value is -2.54. The minimum absolute atomic E-state index is 0.157. The largest absolute Gasteiger partial charge is 0.359 e. The topological polar surface area (TPSA) is 89.8 Å². The number of nitro groups is 1. The van der Waals surface area contributed by atoms with E-state index in [0.717, 1.165) is 4.90 Å². The van der Waals surface area contributed by atoms with Crippen molar-refractivity contribution in [3.63, 3.8) is 0 Å². The minimum Gasteiger partial charge on any atom is -0.359 e. The minimum atomic E-state index is -0.804. The van der Waals surface area contributed by atoms with Gasteiger partial charge in [-0.15, -0.1) is 0 Å². The molecule has 2 fully saturated rings. The molecule has 0 radical (unpaired) electrons. The van der Waals surface area contributed by atoms with Crippen molar-refractivity contribution in [3.8, 4) is 0 Å². The first-order valence-corrected chi connectivity index (χ1v) is 7.30. The third kappa shape index (κ3) is 1.62. The fraction of sp³-hybridized carbons (Fsp3) is 0.375. The van der Waals surface area contributed by atoms with Crippen LogP contribution in [0.5, 0.6) is 0 Å². The number of hydrogen-bond acceptors (Lipinski definition) is 5. The fourth-order valence-corrected chi connectivity index (χ4v) is 4.03. The van der Waals surface area contributed by atoms with Crippen molar-refractivity contribution in [2.75, 3.05) is 4.90 Å². The maximum atomic E-state index is 12.8. The zero-order valence-electron chi connectivity index (χ0n) is 12.6. The first-order chi connectivity index (χ1) is 10.8. The van der Waals surface area contributed by atoms with Gasteiger partial charge in [0.1, 0.15) is 0 Å². The Balaban J connectivity index is 1.79. The number of fused-ring (bicyclic) bond motifs is 5. The number of carbonyl (C=O) groups is 2. The van der Waals surface area contributed by atoms with E-state index in [9.17, 15) is 19.7 Å². The molecule has 2 saturated heterocycles. The molecule has 7 heteroatoms. The summed E-state index contributed by atoms with van der Waals surface area (Å²) in [7, 11) is 0. The van der Waals surface area contributed by atoms with Crippen LogP contribution in [0.15, 0.2) is 36.4 Å². The molecule has 0 saturated carbocycles. The van der Waals surface area contributed by atoms with E-state index in [-0.39, 0.29) is 23.2 Å². The number of hydrogen-bond donors (Lipinski definition) is 0. The van der Waals surface area contributed by atoms with Gasteiger partial charge in [-0.1, -0.05) is 18.2 Å². The van der Waals surface area contributed by atoms with E-state index in [2.05, 4.69) is 0 Å². The van der Waals surface area contributed by atoms with Crippen molar-refractivity contribution >= 4 is 23.2 Å². The molecule has 0 unspecified atom stereocenters. The summed E-state index contributed by atoms with van der Waals surface area (Å²) in [4.78, 5) is 37.1. The van der Waals surface area contributed by atoms with E-state index < -0.39 is 28.0 Å². The van der Waals surface area contributed by atoms with Gasteiger partial charge in [-0.25, -0.2) is 4.90 Å². The summed E-state index contributed by atoms with van der Waals surface area (Å²) in [5.41, 5.74) is -1.53.